The minimum Gasteiger partial charge on any atom is -0.369 e. The number of nitrogens with one attached hydrogen (secondary N) is 1. The molecule has 19 heavy (non-hydrogen) atoms. The molecule has 0 amide bonds. The Morgan fingerprint density at radius 1 is 1.11 bits per heavy atom. The average molecular weight is 259 g/mol. The Balaban J connectivity index is 1.64. The molecule has 2 aliphatic rings. The largest absolute Gasteiger partial charge is 0.369 e. The third-order valence-electron chi connectivity index (χ3n) is 4.57. The first-order valence-corrected chi connectivity index (χ1v) is 7.51. The molecule has 3 nitrogen and oxygen atoms in total. The zero-order valence-electron chi connectivity index (χ0n) is 12.2. The van der Waals surface area contributed by atoms with Crippen molar-refractivity contribution in [3.8, 4) is 0 Å². The Kier molecular flexibility index (Phi) is 3.76. The van der Waals surface area contributed by atoms with E-state index in [0.29, 0.717) is 0 Å². The normalized spacial score (nSPS) is 24.9. The number of nitrogens with zero attached hydrogens (tertiary/aromatic N) is 2. The van der Waals surface area contributed by atoms with E-state index in [1.807, 2.05) is 0 Å². The summed E-state index contributed by atoms with van der Waals surface area (Å²) in [6.45, 7) is 11.5. The minimum atomic E-state index is 0.778. The molecule has 2 fully saturated rings. The summed E-state index contributed by atoms with van der Waals surface area (Å²) >= 11 is 0. The van der Waals surface area contributed by atoms with E-state index in [9.17, 15) is 0 Å². The molecule has 0 spiro atoms. The van der Waals surface area contributed by atoms with E-state index in [0.717, 1.165) is 6.04 Å². The van der Waals surface area contributed by atoms with Gasteiger partial charge in [-0.25, -0.2) is 0 Å². The van der Waals surface area contributed by atoms with E-state index in [4.69, 9.17) is 0 Å². The predicted octanol–water partition coefficient (Wildman–Crippen LogP) is 1.79. The van der Waals surface area contributed by atoms with Crippen molar-refractivity contribution in [3.63, 3.8) is 0 Å². The highest BCUT2D eigenvalue weighted by molar-refractivity contribution is 5.55. The quantitative estimate of drug-likeness (QED) is 0.873. The van der Waals surface area contributed by atoms with Crippen molar-refractivity contribution in [2.75, 3.05) is 44.2 Å². The fraction of sp³-hybridized carbons (Fsp3) is 0.625. The molecule has 0 saturated carbocycles. The lowest BCUT2D eigenvalue weighted by Gasteiger charge is -2.39. The first-order chi connectivity index (χ1) is 9.24. The van der Waals surface area contributed by atoms with Crippen molar-refractivity contribution in [2.45, 2.75) is 26.3 Å². The average Bonchev–Trinajstić information content (AvgIpc) is 2.96. The molecular formula is C16H25N3. The van der Waals surface area contributed by atoms with Crippen LogP contribution in [-0.4, -0.2) is 50.2 Å². The lowest BCUT2D eigenvalue weighted by molar-refractivity contribution is 0.196. The summed E-state index contributed by atoms with van der Waals surface area (Å²) in [5.74, 6) is 0. The van der Waals surface area contributed by atoms with Gasteiger partial charge in [0, 0.05) is 44.5 Å². The monoisotopic (exact) mass is 259 g/mol. The number of benzene rings is 1. The number of hydrogen-bond acceptors (Lipinski definition) is 3. The van der Waals surface area contributed by atoms with Gasteiger partial charge in [-0.15, -0.1) is 0 Å². The number of rotatable bonds is 2. The van der Waals surface area contributed by atoms with E-state index in [1.165, 1.54) is 62.5 Å². The molecule has 1 aromatic carbocycles. The van der Waals surface area contributed by atoms with Crippen LogP contribution in [0.15, 0.2) is 18.2 Å². The molecule has 2 saturated heterocycles. The highest BCUT2D eigenvalue weighted by atomic mass is 15.3. The molecule has 3 heteroatoms. The second kappa shape index (κ2) is 5.51. The summed E-state index contributed by atoms with van der Waals surface area (Å²) in [7, 11) is 0. The van der Waals surface area contributed by atoms with Crippen molar-refractivity contribution in [1.29, 1.82) is 0 Å². The highest BCUT2D eigenvalue weighted by Gasteiger charge is 2.26. The smallest absolute Gasteiger partial charge is 0.0399 e. The maximum atomic E-state index is 3.47. The van der Waals surface area contributed by atoms with Gasteiger partial charge in [-0.2, -0.15) is 0 Å². The summed E-state index contributed by atoms with van der Waals surface area (Å²) in [6, 6.07) is 7.57. The van der Waals surface area contributed by atoms with E-state index in [-0.39, 0.29) is 0 Å². The van der Waals surface area contributed by atoms with Gasteiger partial charge in [0.05, 0.1) is 0 Å². The lowest BCUT2D eigenvalue weighted by Crippen LogP contribution is -2.51. The molecule has 104 valence electrons. The van der Waals surface area contributed by atoms with Gasteiger partial charge < -0.3 is 10.2 Å². The second-order valence-corrected chi connectivity index (χ2v) is 5.96. The van der Waals surface area contributed by atoms with E-state index < -0.39 is 0 Å². The van der Waals surface area contributed by atoms with Crippen LogP contribution < -0.4 is 10.2 Å². The minimum absolute atomic E-state index is 0.778. The molecule has 0 radical (unpaired) electrons. The van der Waals surface area contributed by atoms with Crippen LogP contribution in [0.1, 0.15) is 17.5 Å². The Morgan fingerprint density at radius 3 is 2.58 bits per heavy atom. The van der Waals surface area contributed by atoms with Crippen LogP contribution in [0, 0.1) is 13.8 Å². The number of aryl methyl sites for hydroxylation is 2. The molecular weight excluding hydrogens is 234 g/mol. The predicted molar refractivity (Wildman–Crippen MR) is 81.0 cm³/mol. The molecule has 1 unspecified atom stereocenters. The van der Waals surface area contributed by atoms with Crippen molar-refractivity contribution >= 4 is 5.69 Å². The van der Waals surface area contributed by atoms with Crippen LogP contribution in [0.4, 0.5) is 5.69 Å². The second-order valence-electron chi connectivity index (χ2n) is 5.96. The van der Waals surface area contributed by atoms with Gasteiger partial charge in [-0.3, -0.25) is 4.90 Å². The van der Waals surface area contributed by atoms with E-state index >= 15 is 0 Å². The fourth-order valence-electron chi connectivity index (χ4n) is 3.34. The van der Waals surface area contributed by atoms with Crippen LogP contribution in [0.25, 0.3) is 0 Å². The standard InChI is InChI=1S/C16H25N3/c1-13-3-4-14(2)16(11-13)19-9-7-18(8-10-19)15-5-6-17-12-15/h3-4,11,15,17H,5-10,12H2,1-2H3. The molecule has 2 heterocycles. The van der Waals surface area contributed by atoms with Gasteiger partial charge in [0.1, 0.15) is 0 Å². The zero-order chi connectivity index (χ0) is 13.2. The lowest BCUT2D eigenvalue weighted by atomic mass is 10.1. The summed E-state index contributed by atoms with van der Waals surface area (Å²) < 4.78 is 0. The van der Waals surface area contributed by atoms with Crippen molar-refractivity contribution < 1.29 is 0 Å². The molecule has 0 aromatic heterocycles. The molecule has 0 aliphatic carbocycles. The zero-order valence-corrected chi connectivity index (χ0v) is 12.2. The first-order valence-electron chi connectivity index (χ1n) is 7.51. The summed E-state index contributed by atoms with van der Waals surface area (Å²) in [6.07, 6.45) is 1.32. The maximum absolute atomic E-state index is 3.47. The van der Waals surface area contributed by atoms with E-state index in [1.54, 1.807) is 0 Å². The van der Waals surface area contributed by atoms with Crippen LogP contribution >= 0.6 is 0 Å². The van der Waals surface area contributed by atoms with Crippen molar-refractivity contribution in [1.82, 2.24) is 10.2 Å². The summed E-state index contributed by atoms with van der Waals surface area (Å²) in [5.41, 5.74) is 4.20. The Labute approximate surface area is 116 Å². The summed E-state index contributed by atoms with van der Waals surface area (Å²) in [4.78, 5) is 5.23. The number of hydrogen-bond donors (Lipinski definition) is 1. The molecule has 2 aliphatic heterocycles. The van der Waals surface area contributed by atoms with Gasteiger partial charge in [-0.1, -0.05) is 12.1 Å². The first kappa shape index (κ1) is 12.9. The topological polar surface area (TPSA) is 18.5 Å². The third-order valence-corrected chi connectivity index (χ3v) is 4.57. The van der Waals surface area contributed by atoms with Crippen LogP contribution in [-0.2, 0) is 0 Å². The van der Waals surface area contributed by atoms with Gasteiger partial charge in [0.2, 0.25) is 0 Å². The molecule has 3 rings (SSSR count). The highest BCUT2D eigenvalue weighted by Crippen LogP contribution is 2.23. The Morgan fingerprint density at radius 2 is 1.89 bits per heavy atom. The fourth-order valence-corrected chi connectivity index (χ4v) is 3.34. The number of anilines is 1. The van der Waals surface area contributed by atoms with Gasteiger partial charge in [0.15, 0.2) is 0 Å². The SMILES string of the molecule is Cc1ccc(C)c(N2CCN(C3CCNC3)CC2)c1. The van der Waals surface area contributed by atoms with Crippen LogP contribution in [0.5, 0.6) is 0 Å². The van der Waals surface area contributed by atoms with E-state index in [2.05, 4.69) is 47.2 Å². The van der Waals surface area contributed by atoms with Gasteiger partial charge in [-0.05, 0) is 44.0 Å². The van der Waals surface area contributed by atoms with Crippen LogP contribution in [0.3, 0.4) is 0 Å². The van der Waals surface area contributed by atoms with Crippen molar-refractivity contribution in [2.24, 2.45) is 0 Å². The Bertz CT molecular complexity index is 430. The van der Waals surface area contributed by atoms with Crippen molar-refractivity contribution in [3.05, 3.63) is 29.3 Å². The summed E-state index contributed by atoms with van der Waals surface area (Å²) in [5, 5.41) is 3.47. The maximum Gasteiger partial charge on any atom is 0.0399 e. The van der Waals surface area contributed by atoms with Gasteiger partial charge in [0.25, 0.3) is 0 Å². The third kappa shape index (κ3) is 2.77. The van der Waals surface area contributed by atoms with Crippen LogP contribution in [0.2, 0.25) is 0 Å². The Hall–Kier alpha value is -1.06. The van der Waals surface area contributed by atoms with Gasteiger partial charge >= 0.3 is 0 Å². The molecule has 1 N–H and O–H groups in total. The number of piperazine rings is 1. The molecule has 0 bridgehead atoms. The molecule has 1 aromatic rings. The molecule has 1 atom stereocenters.